The molecule has 3 rings (SSSR count). The molecule has 0 saturated carbocycles. The van der Waals surface area contributed by atoms with E-state index in [0.29, 0.717) is 5.69 Å². The first kappa shape index (κ1) is 26.8. The summed E-state index contributed by atoms with van der Waals surface area (Å²) >= 11 is 0. The zero-order valence-corrected chi connectivity index (χ0v) is 19.1. The van der Waals surface area contributed by atoms with Crippen molar-refractivity contribution in [1.29, 1.82) is 0 Å². The first-order valence-corrected chi connectivity index (χ1v) is 10.6. The molecule has 1 fully saturated rings. The summed E-state index contributed by atoms with van der Waals surface area (Å²) in [4.78, 5) is 17.2. The minimum absolute atomic E-state index is 0.0298. The van der Waals surface area contributed by atoms with E-state index in [1.165, 1.54) is 25.3 Å². The van der Waals surface area contributed by atoms with Gasteiger partial charge in [0.2, 0.25) is 5.82 Å². The number of hydrogen-bond acceptors (Lipinski definition) is 6. The number of alkyl halides is 3. The summed E-state index contributed by atoms with van der Waals surface area (Å²) in [5.41, 5.74) is -2.46. The van der Waals surface area contributed by atoms with Gasteiger partial charge < -0.3 is 25.0 Å². The van der Waals surface area contributed by atoms with E-state index in [4.69, 9.17) is 14.6 Å². The number of nitrogens with one attached hydrogen (secondary N) is 1. The zero-order chi connectivity index (χ0) is 26.1. The number of halogens is 5. The highest BCUT2D eigenvalue weighted by molar-refractivity contribution is 5.95. The predicted molar refractivity (Wildman–Crippen MR) is 114 cm³/mol. The smallest absolute Gasteiger partial charge is 0.417 e. The fraction of sp³-hybridized carbons (Fsp3) is 0.478. The summed E-state index contributed by atoms with van der Waals surface area (Å²) < 4.78 is 80.5. The summed E-state index contributed by atoms with van der Waals surface area (Å²) in [5, 5.41) is 21.1. The number of rotatable bonds is 7. The molecule has 2 heterocycles. The number of methoxy groups -OCH3 is 1. The maximum absolute atomic E-state index is 14.4. The molecule has 3 N–H and O–H groups in total. The Morgan fingerprint density at radius 2 is 2.00 bits per heavy atom. The Kier molecular flexibility index (Phi) is 7.68. The highest BCUT2D eigenvalue weighted by Gasteiger charge is 2.65. The van der Waals surface area contributed by atoms with E-state index in [9.17, 15) is 31.9 Å². The van der Waals surface area contributed by atoms with Crippen LogP contribution in [0.2, 0.25) is 0 Å². The Labute approximate surface area is 197 Å². The van der Waals surface area contributed by atoms with Gasteiger partial charge in [0.05, 0.1) is 19.8 Å². The lowest BCUT2D eigenvalue weighted by atomic mass is 9.77. The highest BCUT2D eigenvalue weighted by Crippen LogP contribution is 2.55. The summed E-state index contributed by atoms with van der Waals surface area (Å²) in [6.07, 6.45) is -6.43. The van der Waals surface area contributed by atoms with Crippen LogP contribution in [0.1, 0.15) is 31.0 Å². The molecule has 1 amide bonds. The Morgan fingerprint density at radius 1 is 1.31 bits per heavy atom. The largest absolute Gasteiger partial charge is 0.493 e. The molecule has 5 atom stereocenters. The van der Waals surface area contributed by atoms with Gasteiger partial charge in [-0.25, -0.2) is 4.39 Å². The number of aliphatic hydroxyl groups is 2. The van der Waals surface area contributed by atoms with Gasteiger partial charge in [0, 0.05) is 41.4 Å². The van der Waals surface area contributed by atoms with Crippen molar-refractivity contribution in [3.8, 4) is 5.75 Å². The molecule has 0 aliphatic carbocycles. The molecule has 1 saturated heterocycles. The summed E-state index contributed by atoms with van der Waals surface area (Å²) in [6.45, 7) is 1.50. The number of amides is 1. The molecule has 0 unspecified atom stereocenters. The van der Waals surface area contributed by atoms with Crippen LogP contribution in [0.25, 0.3) is 0 Å². The maximum Gasteiger partial charge on any atom is 0.417 e. The molecule has 0 radical (unpaired) electrons. The Hall–Kier alpha value is -2.83. The van der Waals surface area contributed by atoms with Crippen molar-refractivity contribution < 1.29 is 46.4 Å². The SMILES string of the molecule is COc1c([C@H]2[C@H](C(=O)Nc3ccnc(C[C@H](O)CO)c3)O[C@@](C)(C(F)(F)F)[C@H]2C)ccc(F)c1F. The van der Waals surface area contributed by atoms with Gasteiger partial charge >= 0.3 is 6.18 Å². The van der Waals surface area contributed by atoms with Crippen LogP contribution in [-0.2, 0) is 16.0 Å². The summed E-state index contributed by atoms with van der Waals surface area (Å²) in [5.74, 6) is -6.95. The molecular weight excluding hydrogens is 479 g/mol. The van der Waals surface area contributed by atoms with Crippen LogP contribution in [0.3, 0.4) is 0 Å². The van der Waals surface area contributed by atoms with Crippen LogP contribution < -0.4 is 10.1 Å². The van der Waals surface area contributed by atoms with Gasteiger partial charge in [-0.15, -0.1) is 0 Å². The van der Waals surface area contributed by atoms with E-state index in [1.807, 2.05) is 0 Å². The van der Waals surface area contributed by atoms with Gasteiger partial charge in [0.1, 0.15) is 6.10 Å². The lowest BCUT2D eigenvalue weighted by Crippen LogP contribution is -2.47. The second kappa shape index (κ2) is 10.0. The number of benzene rings is 1. The molecule has 12 heteroatoms. The van der Waals surface area contributed by atoms with Crippen molar-refractivity contribution in [1.82, 2.24) is 4.98 Å². The number of pyridine rings is 1. The zero-order valence-electron chi connectivity index (χ0n) is 19.1. The molecule has 2 aromatic rings. The highest BCUT2D eigenvalue weighted by atomic mass is 19.4. The number of ether oxygens (including phenoxy) is 2. The third kappa shape index (κ3) is 5.09. The van der Waals surface area contributed by atoms with Crippen LogP contribution in [-0.4, -0.2) is 58.8 Å². The van der Waals surface area contributed by atoms with Crippen LogP contribution in [0.5, 0.6) is 5.75 Å². The van der Waals surface area contributed by atoms with Gasteiger partial charge in [-0.05, 0) is 25.1 Å². The van der Waals surface area contributed by atoms with Gasteiger partial charge in [0.15, 0.2) is 17.2 Å². The van der Waals surface area contributed by atoms with E-state index < -0.39 is 65.7 Å². The van der Waals surface area contributed by atoms with Crippen LogP contribution in [0.15, 0.2) is 30.5 Å². The maximum atomic E-state index is 14.4. The van der Waals surface area contributed by atoms with Crippen molar-refractivity contribution in [2.75, 3.05) is 19.0 Å². The molecule has 1 aromatic heterocycles. The van der Waals surface area contributed by atoms with E-state index in [0.717, 1.165) is 26.2 Å². The molecular formula is C23H25F5N2O5. The molecule has 192 valence electrons. The van der Waals surface area contributed by atoms with Gasteiger partial charge in [0.25, 0.3) is 5.91 Å². The number of carbonyl (C=O) groups is 1. The van der Waals surface area contributed by atoms with Crippen molar-refractivity contribution in [2.45, 2.75) is 50.2 Å². The standard InChI is InChI=1S/C23H25F5N2O5/c1-11-17(15-4-5-16(24)18(25)19(15)34-3)20(35-22(11,2)23(26,27)28)21(33)30-12-6-7-29-13(8-12)9-14(32)10-31/h4-8,11,14,17,20,31-32H,9-10H2,1-3H3,(H,29,30,33)/t11-,14-,17-,20+,22+/m0/s1. The lowest BCUT2D eigenvalue weighted by molar-refractivity contribution is -0.272. The molecule has 35 heavy (non-hydrogen) atoms. The average Bonchev–Trinajstić information content (AvgIpc) is 3.07. The van der Waals surface area contributed by atoms with E-state index in [1.54, 1.807) is 0 Å². The topological polar surface area (TPSA) is 101 Å². The third-order valence-electron chi connectivity index (χ3n) is 6.31. The van der Waals surface area contributed by atoms with E-state index >= 15 is 0 Å². The van der Waals surface area contributed by atoms with Crippen LogP contribution in [0, 0.1) is 17.6 Å². The van der Waals surface area contributed by atoms with Gasteiger partial charge in [-0.2, -0.15) is 17.6 Å². The Balaban J connectivity index is 2.01. The quantitative estimate of drug-likeness (QED) is 0.500. The molecule has 1 aromatic carbocycles. The minimum atomic E-state index is -4.88. The molecule has 1 aliphatic heterocycles. The van der Waals surface area contributed by atoms with Crippen molar-refractivity contribution in [3.63, 3.8) is 0 Å². The normalized spacial score (nSPS) is 25.4. The van der Waals surface area contributed by atoms with Gasteiger partial charge in [-0.3, -0.25) is 9.78 Å². The van der Waals surface area contributed by atoms with Crippen molar-refractivity contribution in [2.24, 2.45) is 5.92 Å². The van der Waals surface area contributed by atoms with E-state index in [-0.39, 0.29) is 17.7 Å². The second-order valence-corrected chi connectivity index (χ2v) is 8.51. The fourth-order valence-electron chi connectivity index (χ4n) is 4.23. The first-order chi connectivity index (χ1) is 16.3. The summed E-state index contributed by atoms with van der Waals surface area (Å²) in [7, 11) is 1.04. The lowest BCUT2D eigenvalue weighted by Gasteiger charge is -2.32. The van der Waals surface area contributed by atoms with Gasteiger partial charge in [-0.1, -0.05) is 13.0 Å². The second-order valence-electron chi connectivity index (χ2n) is 8.51. The predicted octanol–water partition coefficient (Wildman–Crippen LogP) is 3.34. The molecule has 0 bridgehead atoms. The first-order valence-electron chi connectivity index (χ1n) is 10.6. The Bertz CT molecular complexity index is 1080. The van der Waals surface area contributed by atoms with E-state index in [2.05, 4.69) is 10.3 Å². The number of aromatic nitrogens is 1. The number of hydrogen-bond donors (Lipinski definition) is 3. The van der Waals surface area contributed by atoms with Crippen molar-refractivity contribution >= 4 is 11.6 Å². The number of aliphatic hydroxyl groups excluding tert-OH is 2. The number of nitrogens with zero attached hydrogens (tertiary/aromatic N) is 1. The monoisotopic (exact) mass is 504 g/mol. The number of anilines is 1. The molecule has 7 nitrogen and oxygen atoms in total. The van der Waals surface area contributed by atoms with Crippen LogP contribution in [0.4, 0.5) is 27.6 Å². The Morgan fingerprint density at radius 3 is 2.60 bits per heavy atom. The molecule has 0 spiro atoms. The molecule has 1 aliphatic rings. The van der Waals surface area contributed by atoms with Crippen LogP contribution >= 0.6 is 0 Å². The number of carbonyl (C=O) groups excluding carboxylic acids is 1. The minimum Gasteiger partial charge on any atom is -0.493 e. The van der Waals surface area contributed by atoms with Crippen molar-refractivity contribution in [3.05, 3.63) is 53.4 Å². The third-order valence-corrected chi connectivity index (χ3v) is 6.31. The average molecular weight is 504 g/mol. The fourth-order valence-corrected chi connectivity index (χ4v) is 4.23. The summed E-state index contributed by atoms with van der Waals surface area (Å²) in [6, 6.07) is 4.58.